The normalized spacial score (nSPS) is 13.5. The van der Waals surface area contributed by atoms with Gasteiger partial charge >= 0.3 is 0 Å². The van der Waals surface area contributed by atoms with Crippen LogP contribution >= 0.6 is 0 Å². The molecule has 0 radical (unpaired) electrons. The highest BCUT2D eigenvalue weighted by atomic mass is 16.5. The van der Waals surface area contributed by atoms with E-state index in [1.807, 2.05) is 0 Å². The van der Waals surface area contributed by atoms with Crippen LogP contribution in [0.25, 0.3) is 0 Å². The quantitative estimate of drug-likeness (QED) is 0.204. The number of aromatic nitrogens is 1. The van der Waals surface area contributed by atoms with E-state index in [1.54, 1.807) is 48.7 Å². The minimum Gasteiger partial charge on any atom is -0.500 e. The fraction of sp³-hybridized carbons (Fsp3) is 0.120. The summed E-state index contributed by atoms with van der Waals surface area (Å²) in [5.41, 5.74) is 12.2. The molecule has 1 aliphatic carbocycles. The van der Waals surface area contributed by atoms with Crippen LogP contribution < -0.4 is 15.8 Å². The third-order valence-corrected chi connectivity index (χ3v) is 4.83. The molecule has 8 heteroatoms. The topological polar surface area (TPSA) is 138 Å². The second-order valence-electron chi connectivity index (χ2n) is 7.05. The van der Waals surface area contributed by atoms with Crippen LogP contribution in [0.2, 0.25) is 0 Å². The van der Waals surface area contributed by atoms with Crippen molar-refractivity contribution < 1.29 is 19.4 Å². The number of carbonyl (C=O) groups is 2. The number of aliphatic hydroxyl groups is 1. The Morgan fingerprint density at radius 2 is 2.03 bits per heavy atom. The molecule has 166 valence electrons. The largest absolute Gasteiger partial charge is 0.500 e. The van der Waals surface area contributed by atoms with E-state index in [-0.39, 0.29) is 23.6 Å². The summed E-state index contributed by atoms with van der Waals surface area (Å²) in [4.78, 5) is 29.2. The molecule has 0 saturated carbocycles. The molecule has 0 fully saturated rings. The lowest BCUT2D eigenvalue weighted by Gasteiger charge is -2.22. The van der Waals surface area contributed by atoms with Crippen molar-refractivity contribution in [2.24, 2.45) is 5.73 Å². The summed E-state index contributed by atoms with van der Waals surface area (Å²) in [5.74, 6) is -0.779. The Kier molecular flexibility index (Phi) is 7.39. The van der Waals surface area contributed by atoms with E-state index in [0.29, 0.717) is 22.4 Å². The third kappa shape index (κ3) is 5.95. The smallest absolute Gasteiger partial charge is 0.267 e. The minimum atomic E-state index is -0.806. The zero-order valence-corrected chi connectivity index (χ0v) is 17.8. The van der Waals surface area contributed by atoms with E-state index in [2.05, 4.69) is 21.8 Å². The third-order valence-electron chi connectivity index (χ3n) is 4.83. The lowest BCUT2D eigenvalue weighted by molar-refractivity contribution is -0.118. The standard InChI is InChI=1S/C25H22N4O4/c1-33-18-10-8-16(9-11-18)24(31)14-21(27)25(32)29-22(19-6-2-3-7-23(19)30)13-20(26)17-5-4-12-28-15-17/h2,4-6,8-12,14-15,22,26,30H,13,27H2,1H3,(H,29,32)/b21-14-,26-20?. The van der Waals surface area contributed by atoms with Crippen molar-refractivity contribution in [3.63, 3.8) is 0 Å². The molecule has 2 aromatic rings. The van der Waals surface area contributed by atoms with Crippen LogP contribution in [0, 0.1) is 5.41 Å². The Labute approximate surface area is 190 Å². The van der Waals surface area contributed by atoms with Gasteiger partial charge in [0.05, 0.1) is 13.2 Å². The van der Waals surface area contributed by atoms with Gasteiger partial charge in [-0.3, -0.25) is 14.6 Å². The number of benzene rings is 1. The molecule has 0 bridgehead atoms. The van der Waals surface area contributed by atoms with Crippen LogP contribution in [0.1, 0.15) is 22.3 Å². The van der Waals surface area contributed by atoms with Crippen LogP contribution in [0.4, 0.5) is 0 Å². The molecule has 1 amide bonds. The molecule has 8 nitrogen and oxygen atoms in total. The number of methoxy groups -OCH3 is 1. The first kappa shape index (κ1) is 23.0. The number of rotatable bonds is 9. The van der Waals surface area contributed by atoms with E-state index < -0.39 is 17.7 Å². The first-order valence-electron chi connectivity index (χ1n) is 9.94. The number of amides is 1. The monoisotopic (exact) mass is 442 g/mol. The van der Waals surface area contributed by atoms with Crippen LogP contribution in [0.3, 0.4) is 0 Å². The van der Waals surface area contributed by atoms with Gasteiger partial charge in [0.2, 0.25) is 0 Å². The van der Waals surface area contributed by atoms with Gasteiger partial charge in [-0.2, -0.15) is 0 Å². The van der Waals surface area contributed by atoms with E-state index in [0.717, 1.165) is 6.08 Å². The maximum atomic E-state index is 12.8. The molecule has 3 rings (SSSR count). The van der Waals surface area contributed by atoms with Crippen LogP contribution in [0.5, 0.6) is 5.75 Å². The zero-order chi connectivity index (χ0) is 23.8. The highest BCUT2D eigenvalue weighted by Crippen LogP contribution is 2.19. The SMILES string of the molecule is COc1ccc(C(=O)/C=C(\N)C(=O)NC(CC(=N)c2cccnc2)C2=CC=C=C=C2O)cc1. The van der Waals surface area contributed by atoms with Crippen molar-refractivity contribution in [1.29, 1.82) is 5.41 Å². The molecular formula is C25H22N4O4. The maximum absolute atomic E-state index is 12.8. The Morgan fingerprint density at radius 3 is 2.67 bits per heavy atom. The van der Waals surface area contributed by atoms with E-state index in [1.165, 1.54) is 19.4 Å². The summed E-state index contributed by atoms with van der Waals surface area (Å²) in [5, 5.41) is 21.3. The van der Waals surface area contributed by atoms with Crippen LogP contribution in [0.15, 0.2) is 95.5 Å². The first-order valence-corrected chi connectivity index (χ1v) is 9.94. The average molecular weight is 442 g/mol. The maximum Gasteiger partial charge on any atom is 0.267 e. The van der Waals surface area contributed by atoms with Gasteiger partial charge in [-0.1, -0.05) is 11.8 Å². The molecule has 5 N–H and O–H groups in total. The summed E-state index contributed by atoms with van der Waals surface area (Å²) < 4.78 is 5.07. The first-order chi connectivity index (χ1) is 15.9. The molecule has 33 heavy (non-hydrogen) atoms. The molecule has 1 aliphatic rings. The second kappa shape index (κ2) is 10.6. The van der Waals surface area contributed by atoms with Crippen molar-refractivity contribution in [2.45, 2.75) is 12.5 Å². The number of nitrogens with two attached hydrogens (primary N) is 1. The van der Waals surface area contributed by atoms with Gasteiger partial charge in [-0.05, 0) is 48.2 Å². The summed E-state index contributed by atoms with van der Waals surface area (Å²) in [7, 11) is 1.52. The van der Waals surface area contributed by atoms with E-state index in [4.69, 9.17) is 15.9 Å². The summed E-state index contributed by atoms with van der Waals surface area (Å²) in [6.07, 6.45) is 7.31. The highest BCUT2D eigenvalue weighted by Gasteiger charge is 2.24. The van der Waals surface area contributed by atoms with Gasteiger partial charge in [0, 0.05) is 47.3 Å². The number of ketones is 1. The lowest BCUT2D eigenvalue weighted by atomic mass is 9.95. The minimum absolute atomic E-state index is 0.0442. The summed E-state index contributed by atoms with van der Waals surface area (Å²) in [6.45, 7) is 0. The lowest BCUT2D eigenvalue weighted by Crippen LogP contribution is -2.41. The molecule has 1 unspecified atom stereocenters. The number of aliphatic hydroxyl groups excluding tert-OH is 1. The predicted octanol–water partition coefficient (Wildman–Crippen LogP) is 2.75. The van der Waals surface area contributed by atoms with Gasteiger partial charge in [-0.15, -0.1) is 0 Å². The van der Waals surface area contributed by atoms with E-state index >= 15 is 0 Å². The number of nitrogens with zero attached hydrogens (tertiary/aromatic N) is 1. The van der Waals surface area contributed by atoms with Crippen molar-refractivity contribution in [2.75, 3.05) is 7.11 Å². The molecule has 0 saturated heterocycles. The molecule has 1 aromatic carbocycles. The van der Waals surface area contributed by atoms with Crippen molar-refractivity contribution in [3.8, 4) is 5.75 Å². The summed E-state index contributed by atoms with van der Waals surface area (Å²) >= 11 is 0. The highest BCUT2D eigenvalue weighted by molar-refractivity contribution is 6.09. The fourth-order valence-corrected chi connectivity index (χ4v) is 3.06. The fourth-order valence-electron chi connectivity index (χ4n) is 3.06. The number of nitrogens with one attached hydrogen (secondary N) is 2. The second-order valence-corrected chi connectivity index (χ2v) is 7.05. The Hall–Kier alpha value is -4.64. The van der Waals surface area contributed by atoms with Gasteiger partial charge in [0.1, 0.15) is 11.4 Å². The molecule has 0 aliphatic heterocycles. The number of carbonyl (C=O) groups excluding carboxylic acids is 2. The predicted molar refractivity (Wildman–Crippen MR) is 123 cm³/mol. The number of allylic oxidation sites excluding steroid dienone is 3. The molecule has 1 atom stereocenters. The van der Waals surface area contributed by atoms with Crippen LogP contribution in [-0.2, 0) is 4.79 Å². The van der Waals surface area contributed by atoms with Crippen molar-refractivity contribution in [1.82, 2.24) is 10.3 Å². The Morgan fingerprint density at radius 1 is 1.27 bits per heavy atom. The van der Waals surface area contributed by atoms with Gasteiger partial charge in [0.25, 0.3) is 5.91 Å². The Balaban J connectivity index is 1.78. The number of pyridine rings is 1. The number of hydrogen-bond acceptors (Lipinski definition) is 7. The number of ether oxygens (including phenoxy) is 1. The van der Waals surface area contributed by atoms with Crippen LogP contribution in [-0.4, -0.2) is 40.6 Å². The molecule has 1 heterocycles. The van der Waals surface area contributed by atoms with Gasteiger partial charge in [0.15, 0.2) is 11.5 Å². The molecular weight excluding hydrogens is 420 g/mol. The average Bonchev–Trinajstić information content (AvgIpc) is 2.84. The molecule has 1 aromatic heterocycles. The van der Waals surface area contributed by atoms with E-state index in [9.17, 15) is 14.7 Å². The molecule has 0 spiro atoms. The zero-order valence-electron chi connectivity index (χ0n) is 17.8. The Bertz CT molecular complexity index is 1230. The summed E-state index contributed by atoms with van der Waals surface area (Å²) in [6, 6.07) is 9.00. The number of hydrogen-bond donors (Lipinski definition) is 4. The van der Waals surface area contributed by atoms with Gasteiger partial charge in [-0.25, -0.2) is 0 Å². The van der Waals surface area contributed by atoms with Gasteiger partial charge < -0.3 is 26.3 Å². The van der Waals surface area contributed by atoms with Crippen molar-refractivity contribution >= 4 is 17.4 Å². The van der Waals surface area contributed by atoms with Crippen molar-refractivity contribution in [3.05, 3.63) is 107 Å².